The van der Waals surface area contributed by atoms with Gasteiger partial charge in [0.05, 0.1) is 33.3 Å². The minimum absolute atomic E-state index is 0.590. The lowest BCUT2D eigenvalue weighted by Gasteiger charge is -2.15. The maximum Gasteiger partial charge on any atom is 0.160 e. The van der Waals surface area contributed by atoms with Crippen LogP contribution < -0.4 is 0 Å². The molecule has 0 aliphatic heterocycles. The smallest absolute Gasteiger partial charge is 0.160 e. The van der Waals surface area contributed by atoms with Crippen molar-refractivity contribution in [2.24, 2.45) is 0 Å². The van der Waals surface area contributed by atoms with Crippen LogP contribution in [0.4, 0.5) is 0 Å². The third-order valence-electron chi connectivity index (χ3n) is 11.2. The molecule has 0 N–H and O–H groups in total. The molecule has 54 heavy (non-hydrogen) atoms. The number of para-hydroxylation sites is 4. The molecule has 0 saturated heterocycles. The molecule has 5 nitrogen and oxygen atoms in total. The Bertz CT molecular complexity index is 3590. The molecule has 0 amide bonds. The van der Waals surface area contributed by atoms with E-state index in [2.05, 4.69) is 143 Å². The van der Waals surface area contributed by atoms with E-state index in [0.29, 0.717) is 5.56 Å². The van der Waals surface area contributed by atoms with E-state index in [-0.39, 0.29) is 0 Å². The van der Waals surface area contributed by atoms with Gasteiger partial charge in [0.2, 0.25) is 0 Å². The molecule has 0 radical (unpaired) electrons. The van der Waals surface area contributed by atoms with Gasteiger partial charge in [0.15, 0.2) is 11.2 Å². The number of furan rings is 2. The quantitative estimate of drug-likeness (QED) is 0.185. The predicted octanol–water partition coefficient (Wildman–Crippen LogP) is 13.2. The molecule has 4 heterocycles. The number of hydrogen-bond acceptors (Lipinski definition) is 3. The second-order valence-corrected chi connectivity index (χ2v) is 13.9. The summed E-state index contributed by atoms with van der Waals surface area (Å²) < 4.78 is 17.7. The summed E-state index contributed by atoms with van der Waals surface area (Å²) in [5.41, 5.74) is 11.6. The molecular weight excluding hydrogens is 663 g/mol. The first-order valence-electron chi connectivity index (χ1n) is 18.1. The second-order valence-electron chi connectivity index (χ2n) is 13.9. The fraction of sp³-hybridized carbons (Fsp3) is 0. The molecule has 0 spiro atoms. The zero-order valence-electron chi connectivity index (χ0n) is 28.7. The molecular formula is C49H27N3O2. The lowest BCUT2D eigenvalue weighted by Crippen LogP contribution is -2.00. The van der Waals surface area contributed by atoms with Crippen LogP contribution in [0.3, 0.4) is 0 Å². The fourth-order valence-electron chi connectivity index (χ4n) is 8.88. The van der Waals surface area contributed by atoms with Crippen LogP contribution >= 0.6 is 0 Å². The van der Waals surface area contributed by atoms with Crippen molar-refractivity contribution in [1.29, 1.82) is 5.26 Å². The Kier molecular flexibility index (Phi) is 5.78. The van der Waals surface area contributed by atoms with E-state index in [1.54, 1.807) is 0 Å². The maximum atomic E-state index is 11.1. The van der Waals surface area contributed by atoms with E-state index in [0.717, 1.165) is 110 Å². The fourth-order valence-corrected chi connectivity index (χ4v) is 8.88. The predicted molar refractivity (Wildman–Crippen MR) is 220 cm³/mol. The SMILES string of the molecule is N#Cc1c(-c2cccc(-n3c4ccccc4c4ccc5c6ccccc6oc5c43)c2)cccc1-n1c2ccccc2c2ccc3c4ccccc4oc3c21. The number of fused-ring (bicyclic) bond motifs is 14. The van der Waals surface area contributed by atoms with Crippen molar-refractivity contribution in [2.75, 3.05) is 0 Å². The average molecular weight is 690 g/mol. The third kappa shape index (κ3) is 3.81. The molecule has 8 aromatic carbocycles. The van der Waals surface area contributed by atoms with Gasteiger partial charge < -0.3 is 18.0 Å². The Morgan fingerprint density at radius 3 is 1.57 bits per heavy atom. The van der Waals surface area contributed by atoms with E-state index in [1.807, 2.05) is 36.4 Å². The summed E-state index contributed by atoms with van der Waals surface area (Å²) >= 11 is 0. The van der Waals surface area contributed by atoms with Crippen molar-refractivity contribution in [3.8, 4) is 28.6 Å². The first-order valence-corrected chi connectivity index (χ1v) is 18.1. The Hall–Kier alpha value is -7.55. The van der Waals surface area contributed by atoms with E-state index in [9.17, 15) is 5.26 Å². The largest absolute Gasteiger partial charge is 0.454 e. The highest BCUT2D eigenvalue weighted by Crippen LogP contribution is 2.43. The molecule has 0 saturated carbocycles. The highest BCUT2D eigenvalue weighted by molar-refractivity contribution is 6.23. The highest BCUT2D eigenvalue weighted by atomic mass is 16.3. The molecule has 4 aromatic heterocycles. The van der Waals surface area contributed by atoms with Crippen LogP contribution in [0.5, 0.6) is 0 Å². The lowest BCUT2D eigenvalue weighted by atomic mass is 9.98. The van der Waals surface area contributed by atoms with Gasteiger partial charge in [-0.05, 0) is 60.2 Å². The van der Waals surface area contributed by atoms with Crippen molar-refractivity contribution in [2.45, 2.75) is 0 Å². The van der Waals surface area contributed by atoms with Crippen LogP contribution in [-0.4, -0.2) is 9.13 Å². The van der Waals surface area contributed by atoms with E-state index in [1.165, 1.54) is 0 Å². The lowest BCUT2D eigenvalue weighted by molar-refractivity contribution is 0.670. The van der Waals surface area contributed by atoms with Crippen molar-refractivity contribution < 1.29 is 8.83 Å². The van der Waals surface area contributed by atoms with Crippen LogP contribution in [-0.2, 0) is 0 Å². The standard InChI is InChI=1S/C49H27N3O2/c50-28-40-31(17-10-20-43(40)52-42-19-6-2-14-33(42)37-24-26-39-35-16-4-8-22-45(35)54-49(39)47(37)52)29-11-9-12-30(27-29)51-41-18-5-1-13-32(41)36-23-25-38-34-15-3-7-21-44(34)53-48(38)46(36)51/h1-27H. The van der Waals surface area contributed by atoms with E-state index >= 15 is 0 Å². The Morgan fingerprint density at radius 1 is 0.426 bits per heavy atom. The molecule has 5 heteroatoms. The molecule has 0 aliphatic carbocycles. The van der Waals surface area contributed by atoms with Gasteiger partial charge in [-0.15, -0.1) is 0 Å². The summed E-state index contributed by atoms with van der Waals surface area (Å²) in [7, 11) is 0. The third-order valence-corrected chi connectivity index (χ3v) is 11.2. The summed E-state index contributed by atoms with van der Waals surface area (Å²) in [6, 6.07) is 59.3. The second kappa shape index (κ2) is 10.7. The molecule has 0 aliphatic rings. The number of nitrogens with zero attached hydrogens (tertiary/aromatic N) is 3. The number of rotatable bonds is 3. The van der Waals surface area contributed by atoms with Gasteiger partial charge in [0, 0.05) is 54.3 Å². The Labute approximate surface area is 307 Å². The molecule has 12 aromatic rings. The summed E-state index contributed by atoms with van der Waals surface area (Å²) in [6.07, 6.45) is 0. The highest BCUT2D eigenvalue weighted by Gasteiger charge is 2.23. The maximum absolute atomic E-state index is 11.1. The molecule has 12 rings (SSSR count). The van der Waals surface area contributed by atoms with Gasteiger partial charge in [-0.1, -0.05) is 109 Å². The summed E-state index contributed by atoms with van der Waals surface area (Å²) in [6.45, 7) is 0. The van der Waals surface area contributed by atoms with Gasteiger partial charge in [-0.25, -0.2) is 0 Å². The topological polar surface area (TPSA) is 59.9 Å². The number of hydrogen-bond donors (Lipinski definition) is 0. The summed E-state index contributed by atoms with van der Waals surface area (Å²) in [5, 5.41) is 19.8. The molecule has 0 bridgehead atoms. The minimum atomic E-state index is 0.590. The summed E-state index contributed by atoms with van der Waals surface area (Å²) in [4.78, 5) is 0. The number of benzene rings is 8. The normalized spacial score (nSPS) is 12.1. The van der Waals surface area contributed by atoms with Gasteiger partial charge in [-0.3, -0.25) is 0 Å². The molecule has 0 fully saturated rings. The Morgan fingerprint density at radius 2 is 0.944 bits per heavy atom. The van der Waals surface area contributed by atoms with E-state index in [4.69, 9.17) is 8.83 Å². The monoisotopic (exact) mass is 689 g/mol. The van der Waals surface area contributed by atoms with Crippen LogP contribution in [0, 0.1) is 11.3 Å². The van der Waals surface area contributed by atoms with Crippen LogP contribution in [0.25, 0.3) is 110 Å². The van der Waals surface area contributed by atoms with Gasteiger partial charge in [0.1, 0.15) is 17.2 Å². The zero-order valence-corrected chi connectivity index (χ0v) is 28.7. The summed E-state index contributed by atoms with van der Waals surface area (Å²) in [5.74, 6) is 0. The average Bonchev–Trinajstić information content (AvgIpc) is 3.98. The van der Waals surface area contributed by atoms with Crippen molar-refractivity contribution >= 4 is 87.5 Å². The van der Waals surface area contributed by atoms with Crippen LogP contribution in [0.15, 0.2) is 173 Å². The van der Waals surface area contributed by atoms with Gasteiger partial charge in [0.25, 0.3) is 0 Å². The first-order chi connectivity index (χ1) is 26.8. The number of aromatic nitrogens is 2. The minimum Gasteiger partial charge on any atom is -0.454 e. The van der Waals surface area contributed by atoms with Crippen LogP contribution in [0.2, 0.25) is 0 Å². The first kappa shape index (κ1) is 29.1. The van der Waals surface area contributed by atoms with Crippen molar-refractivity contribution in [3.63, 3.8) is 0 Å². The number of nitriles is 1. The van der Waals surface area contributed by atoms with Gasteiger partial charge in [-0.2, -0.15) is 5.26 Å². The molecule has 0 atom stereocenters. The zero-order chi connectivity index (χ0) is 35.5. The van der Waals surface area contributed by atoms with Crippen LogP contribution in [0.1, 0.15) is 5.56 Å². The van der Waals surface area contributed by atoms with E-state index < -0.39 is 0 Å². The Balaban J connectivity index is 1.12. The van der Waals surface area contributed by atoms with Gasteiger partial charge >= 0.3 is 0 Å². The molecule has 0 unspecified atom stereocenters. The molecule has 250 valence electrons. The van der Waals surface area contributed by atoms with Crippen molar-refractivity contribution in [3.05, 3.63) is 169 Å². The van der Waals surface area contributed by atoms with Crippen molar-refractivity contribution in [1.82, 2.24) is 9.13 Å².